The normalized spacial score (nSPS) is 18.6. The summed E-state index contributed by atoms with van der Waals surface area (Å²) in [5.74, 6) is 0.767. The molecule has 9 heteroatoms. The van der Waals surface area contributed by atoms with Crippen molar-refractivity contribution in [2.24, 2.45) is 0 Å². The number of carbonyl (C=O) groups is 1. The molecular weight excluding hydrogens is 363 g/mol. The molecule has 2 aromatic rings. The summed E-state index contributed by atoms with van der Waals surface area (Å²) in [6.45, 7) is 2.87. The summed E-state index contributed by atoms with van der Waals surface area (Å²) in [4.78, 5) is 25.4. The first-order valence-corrected chi connectivity index (χ1v) is 9.84. The lowest BCUT2D eigenvalue weighted by Crippen LogP contribution is -2.41. The Balaban J connectivity index is 1.55. The molecule has 1 saturated heterocycles. The van der Waals surface area contributed by atoms with Gasteiger partial charge < -0.3 is 19.9 Å². The Morgan fingerprint density at radius 1 is 1.18 bits per heavy atom. The van der Waals surface area contributed by atoms with E-state index in [1.807, 2.05) is 6.92 Å². The molecule has 0 atom stereocenters. The summed E-state index contributed by atoms with van der Waals surface area (Å²) in [5, 5.41) is 12.3. The van der Waals surface area contributed by atoms with Gasteiger partial charge in [0.05, 0.1) is 18.1 Å². The molecule has 3 heterocycles. The summed E-state index contributed by atoms with van der Waals surface area (Å²) < 4.78 is 16.7. The van der Waals surface area contributed by atoms with Crippen molar-refractivity contribution in [3.05, 3.63) is 24.0 Å². The fraction of sp³-hybridized carbons (Fsp3) is 0.579. The van der Waals surface area contributed by atoms with Gasteiger partial charge in [-0.3, -0.25) is 0 Å². The summed E-state index contributed by atoms with van der Waals surface area (Å²) in [5.41, 5.74) is 0.945. The second kappa shape index (κ2) is 7.73. The number of nitrogens with zero attached hydrogens (tertiary/aromatic N) is 5. The van der Waals surface area contributed by atoms with Crippen LogP contribution in [0.25, 0.3) is 11.4 Å². The van der Waals surface area contributed by atoms with Crippen LogP contribution in [-0.2, 0) is 0 Å². The van der Waals surface area contributed by atoms with Crippen LogP contribution in [-0.4, -0.2) is 54.8 Å². The van der Waals surface area contributed by atoms with E-state index in [9.17, 15) is 9.18 Å². The average Bonchev–Trinajstić information content (AvgIpc) is 3.33. The van der Waals surface area contributed by atoms with E-state index in [0.717, 1.165) is 18.7 Å². The molecule has 0 unspecified atom stereocenters. The van der Waals surface area contributed by atoms with E-state index in [1.165, 1.54) is 23.9 Å². The van der Waals surface area contributed by atoms with Crippen LogP contribution >= 0.6 is 0 Å². The van der Waals surface area contributed by atoms with E-state index in [0.29, 0.717) is 43.6 Å². The van der Waals surface area contributed by atoms with Crippen LogP contribution in [0, 0.1) is 12.7 Å². The molecule has 1 aliphatic carbocycles. The predicted octanol–water partition coefficient (Wildman–Crippen LogP) is 3.46. The van der Waals surface area contributed by atoms with Crippen LogP contribution in [0.5, 0.6) is 0 Å². The molecule has 150 valence electrons. The highest BCUT2D eigenvalue weighted by Gasteiger charge is 2.26. The van der Waals surface area contributed by atoms with E-state index in [1.54, 1.807) is 6.20 Å². The molecule has 0 radical (unpaired) electrons. The minimum Gasteiger partial charge on any atom is -0.465 e. The Hall–Kier alpha value is -2.71. The Morgan fingerprint density at radius 3 is 2.57 bits per heavy atom. The highest BCUT2D eigenvalue weighted by atomic mass is 19.1. The number of rotatable bonds is 4. The molecule has 2 aliphatic rings. The highest BCUT2D eigenvalue weighted by molar-refractivity contribution is 5.65. The Labute approximate surface area is 162 Å². The van der Waals surface area contributed by atoms with Gasteiger partial charge in [0.15, 0.2) is 5.82 Å². The number of likely N-dealkylation sites (tertiary alicyclic amines) is 1. The largest absolute Gasteiger partial charge is 0.465 e. The minimum absolute atomic E-state index is 0.0652. The third kappa shape index (κ3) is 3.65. The first-order chi connectivity index (χ1) is 13.5. The first kappa shape index (κ1) is 18.6. The van der Waals surface area contributed by atoms with Crippen molar-refractivity contribution in [3.63, 3.8) is 0 Å². The molecule has 0 spiro atoms. The third-order valence-corrected chi connectivity index (χ3v) is 5.76. The van der Waals surface area contributed by atoms with Crippen LogP contribution in [0.1, 0.15) is 50.4 Å². The number of piperidine rings is 1. The highest BCUT2D eigenvalue weighted by Crippen LogP contribution is 2.35. The summed E-state index contributed by atoms with van der Waals surface area (Å²) in [6.07, 6.45) is 7.82. The number of aryl methyl sites for hydroxylation is 1. The topological polar surface area (TPSA) is 96.2 Å². The number of halogens is 1. The zero-order valence-corrected chi connectivity index (χ0v) is 15.9. The molecule has 0 aromatic carbocycles. The zero-order valence-electron chi connectivity index (χ0n) is 15.9. The fourth-order valence-electron chi connectivity index (χ4n) is 4.27. The van der Waals surface area contributed by atoms with Crippen molar-refractivity contribution in [1.82, 2.24) is 24.4 Å². The van der Waals surface area contributed by atoms with Gasteiger partial charge in [0.25, 0.3) is 0 Å². The van der Waals surface area contributed by atoms with E-state index in [2.05, 4.69) is 24.8 Å². The maximum Gasteiger partial charge on any atom is 0.407 e. The Bertz CT molecular complexity index is 856. The quantitative estimate of drug-likeness (QED) is 0.833. The van der Waals surface area contributed by atoms with Gasteiger partial charge in [-0.1, -0.05) is 12.8 Å². The fourth-order valence-corrected chi connectivity index (χ4v) is 4.27. The lowest BCUT2D eigenvalue weighted by Gasteiger charge is -2.30. The summed E-state index contributed by atoms with van der Waals surface area (Å²) >= 11 is 0. The van der Waals surface area contributed by atoms with E-state index >= 15 is 0 Å². The molecule has 2 fully saturated rings. The number of aromatic nitrogens is 4. The molecule has 1 aliphatic heterocycles. The van der Waals surface area contributed by atoms with Crippen molar-refractivity contribution >= 4 is 12.0 Å². The van der Waals surface area contributed by atoms with Gasteiger partial charge in [-0.25, -0.2) is 24.1 Å². The number of anilines is 1. The Morgan fingerprint density at radius 2 is 1.89 bits per heavy atom. The lowest BCUT2D eigenvalue weighted by atomic mass is 10.1. The average molecular weight is 388 g/mol. The number of hydrogen-bond donors (Lipinski definition) is 2. The van der Waals surface area contributed by atoms with E-state index < -0.39 is 11.9 Å². The molecule has 2 aromatic heterocycles. The first-order valence-electron chi connectivity index (χ1n) is 9.84. The van der Waals surface area contributed by atoms with Crippen LogP contribution < -0.4 is 5.32 Å². The SMILES string of the molecule is Cc1ncc(-c2nc(NC3CCN(C(=O)O)CC3)ncc2F)n1C1CCCC1. The van der Waals surface area contributed by atoms with Crippen LogP contribution in [0.2, 0.25) is 0 Å². The molecule has 1 saturated carbocycles. The van der Waals surface area contributed by atoms with Crippen molar-refractivity contribution in [2.75, 3.05) is 18.4 Å². The van der Waals surface area contributed by atoms with Crippen molar-refractivity contribution in [1.29, 1.82) is 0 Å². The van der Waals surface area contributed by atoms with Gasteiger partial charge in [0.2, 0.25) is 5.95 Å². The number of amides is 1. The predicted molar refractivity (Wildman–Crippen MR) is 102 cm³/mol. The smallest absolute Gasteiger partial charge is 0.407 e. The summed E-state index contributed by atoms with van der Waals surface area (Å²) in [6, 6.07) is 0.402. The number of imidazole rings is 1. The summed E-state index contributed by atoms with van der Waals surface area (Å²) in [7, 11) is 0. The third-order valence-electron chi connectivity index (χ3n) is 5.76. The molecular formula is C19H25FN6O2. The van der Waals surface area contributed by atoms with Gasteiger partial charge in [0, 0.05) is 25.2 Å². The van der Waals surface area contributed by atoms with Gasteiger partial charge in [-0.05, 0) is 32.6 Å². The molecule has 8 nitrogen and oxygen atoms in total. The molecule has 1 amide bonds. The zero-order chi connectivity index (χ0) is 19.7. The van der Waals surface area contributed by atoms with Gasteiger partial charge in [-0.15, -0.1) is 0 Å². The van der Waals surface area contributed by atoms with Crippen LogP contribution in [0.3, 0.4) is 0 Å². The minimum atomic E-state index is -0.894. The molecule has 28 heavy (non-hydrogen) atoms. The number of nitrogens with one attached hydrogen (secondary N) is 1. The Kier molecular flexibility index (Phi) is 5.15. The van der Waals surface area contributed by atoms with Crippen molar-refractivity contribution < 1.29 is 14.3 Å². The van der Waals surface area contributed by atoms with Gasteiger partial charge in [0.1, 0.15) is 11.5 Å². The maximum absolute atomic E-state index is 14.6. The second-order valence-corrected chi connectivity index (χ2v) is 7.58. The van der Waals surface area contributed by atoms with E-state index in [-0.39, 0.29) is 11.7 Å². The molecule has 4 rings (SSSR count). The number of hydrogen-bond acceptors (Lipinski definition) is 5. The molecule has 0 bridgehead atoms. The van der Waals surface area contributed by atoms with Crippen molar-refractivity contribution in [3.8, 4) is 11.4 Å². The van der Waals surface area contributed by atoms with Gasteiger partial charge in [-0.2, -0.15) is 0 Å². The standard InChI is InChI=1S/C19H25FN6O2/c1-12-21-11-16(26(12)14-4-2-3-5-14)17-15(20)10-22-18(24-17)23-13-6-8-25(9-7-13)19(27)28/h10-11,13-14H,2-9H2,1H3,(H,27,28)(H,22,23,24). The van der Waals surface area contributed by atoms with Gasteiger partial charge >= 0.3 is 6.09 Å². The number of carboxylic acid groups (broad SMARTS) is 1. The van der Waals surface area contributed by atoms with Crippen LogP contribution in [0.4, 0.5) is 15.1 Å². The van der Waals surface area contributed by atoms with Crippen molar-refractivity contribution in [2.45, 2.75) is 57.5 Å². The second-order valence-electron chi connectivity index (χ2n) is 7.58. The maximum atomic E-state index is 14.6. The van der Waals surface area contributed by atoms with E-state index in [4.69, 9.17) is 5.11 Å². The monoisotopic (exact) mass is 388 g/mol. The van der Waals surface area contributed by atoms with Crippen LogP contribution in [0.15, 0.2) is 12.4 Å². The molecule has 2 N–H and O–H groups in total. The lowest BCUT2D eigenvalue weighted by molar-refractivity contribution is 0.133.